The Morgan fingerprint density at radius 1 is 1.53 bits per heavy atom. The van der Waals surface area contributed by atoms with Gasteiger partial charge in [-0.05, 0) is 34.9 Å². The summed E-state index contributed by atoms with van der Waals surface area (Å²) in [4.78, 5) is 6.36. The Balaban J connectivity index is 2.85. The van der Waals surface area contributed by atoms with E-state index in [-0.39, 0.29) is 11.6 Å². The molecule has 15 heavy (non-hydrogen) atoms. The summed E-state index contributed by atoms with van der Waals surface area (Å²) < 4.78 is 2.13. The summed E-state index contributed by atoms with van der Waals surface area (Å²) in [6, 6.07) is 0.0328. The van der Waals surface area contributed by atoms with E-state index in [0.717, 1.165) is 12.2 Å². The van der Waals surface area contributed by atoms with Crippen molar-refractivity contribution in [3.63, 3.8) is 0 Å². The van der Waals surface area contributed by atoms with Crippen molar-refractivity contribution in [2.45, 2.75) is 38.9 Å². The van der Waals surface area contributed by atoms with E-state index in [0.29, 0.717) is 0 Å². The lowest BCUT2D eigenvalue weighted by atomic mass is 10.0. The molecule has 2 N–H and O–H groups in total. The van der Waals surface area contributed by atoms with E-state index in [9.17, 15) is 0 Å². The number of nitrogens with zero attached hydrogens (tertiary/aromatic N) is 3. The van der Waals surface area contributed by atoms with Crippen molar-refractivity contribution in [3.05, 3.63) is 18.2 Å². The summed E-state index contributed by atoms with van der Waals surface area (Å²) in [6.07, 6.45) is 3.69. The smallest absolute Gasteiger partial charge is 0.0949 e. The molecule has 0 aliphatic rings. The molecule has 1 heterocycles. The number of nitrogens with two attached hydrogens (primary N) is 1. The van der Waals surface area contributed by atoms with E-state index in [1.54, 1.807) is 0 Å². The van der Waals surface area contributed by atoms with Gasteiger partial charge in [0, 0.05) is 24.3 Å². The predicted molar refractivity (Wildman–Crippen MR) is 62.6 cm³/mol. The van der Waals surface area contributed by atoms with Crippen molar-refractivity contribution in [1.82, 2.24) is 14.5 Å². The molecule has 86 valence electrons. The van der Waals surface area contributed by atoms with Crippen LogP contribution >= 0.6 is 0 Å². The second kappa shape index (κ2) is 4.33. The van der Waals surface area contributed by atoms with Crippen molar-refractivity contribution < 1.29 is 0 Å². The molecule has 0 fully saturated rings. The Kier molecular flexibility index (Phi) is 3.52. The van der Waals surface area contributed by atoms with Gasteiger partial charge in [0.15, 0.2) is 0 Å². The molecule has 1 unspecified atom stereocenters. The number of imidazole rings is 1. The van der Waals surface area contributed by atoms with Gasteiger partial charge in [0.25, 0.3) is 0 Å². The van der Waals surface area contributed by atoms with Gasteiger partial charge in [0.05, 0.1) is 12.0 Å². The maximum absolute atomic E-state index is 5.88. The molecule has 0 aliphatic heterocycles. The molecule has 0 bridgehead atoms. The van der Waals surface area contributed by atoms with Crippen LogP contribution in [0.4, 0.5) is 0 Å². The lowest BCUT2D eigenvalue weighted by Crippen LogP contribution is -2.42. The summed E-state index contributed by atoms with van der Waals surface area (Å²) in [7, 11) is 4.17. The molecule has 1 rings (SSSR count). The third-order valence-electron chi connectivity index (χ3n) is 2.98. The maximum Gasteiger partial charge on any atom is 0.0949 e. The first-order valence-electron chi connectivity index (χ1n) is 5.27. The number of hydrogen-bond donors (Lipinski definition) is 1. The van der Waals surface area contributed by atoms with Gasteiger partial charge in [0.2, 0.25) is 0 Å². The predicted octanol–water partition coefficient (Wildman–Crippen LogP) is 1.24. The molecule has 0 saturated carbocycles. The largest absolute Gasteiger partial charge is 0.331 e. The van der Waals surface area contributed by atoms with Crippen LogP contribution in [-0.2, 0) is 6.54 Å². The van der Waals surface area contributed by atoms with Crippen molar-refractivity contribution >= 4 is 0 Å². The first-order chi connectivity index (χ1) is 6.84. The maximum atomic E-state index is 5.88. The van der Waals surface area contributed by atoms with Crippen LogP contribution in [0, 0.1) is 0 Å². The van der Waals surface area contributed by atoms with Crippen LogP contribution in [0.1, 0.15) is 32.5 Å². The lowest BCUT2D eigenvalue weighted by Gasteiger charge is -2.33. The summed E-state index contributed by atoms with van der Waals surface area (Å²) in [5.74, 6) is 0. The fraction of sp³-hybridized carbons (Fsp3) is 0.727. The van der Waals surface area contributed by atoms with Crippen LogP contribution in [0.3, 0.4) is 0 Å². The number of aromatic nitrogens is 2. The Morgan fingerprint density at radius 2 is 2.13 bits per heavy atom. The van der Waals surface area contributed by atoms with Crippen molar-refractivity contribution in [3.8, 4) is 0 Å². The van der Waals surface area contributed by atoms with Gasteiger partial charge in [-0.1, -0.05) is 0 Å². The molecule has 0 aliphatic carbocycles. The molecule has 0 radical (unpaired) electrons. The van der Waals surface area contributed by atoms with Crippen LogP contribution in [-0.4, -0.2) is 34.1 Å². The normalized spacial score (nSPS) is 14.6. The average molecular weight is 210 g/mol. The highest BCUT2D eigenvalue weighted by molar-refractivity contribution is 5.04. The standard InChI is InChI=1S/C11H22N4/c1-9(12)10-6-13-8-15(10)7-11(2,3)14(4)5/h6,8-9H,7,12H2,1-5H3. The highest BCUT2D eigenvalue weighted by Crippen LogP contribution is 2.17. The fourth-order valence-electron chi connectivity index (χ4n) is 1.40. The summed E-state index contributed by atoms with van der Waals surface area (Å²) in [5, 5.41) is 0. The molecular weight excluding hydrogens is 188 g/mol. The second-order valence-corrected chi connectivity index (χ2v) is 4.94. The van der Waals surface area contributed by atoms with E-state index in [4.69, 9.17) is 5.73 Å². The highest BCUT2D eigenvalue weighted by Gasteiger charge is 2.22. The van der Waals surface area contributed by atoms with Gasteiger partial charge in [-0.25, -0.2) is 4.98 Å². The minimum Gasteiger partial charge on any atom is -0.331 e. The minimum atomic E-state index is 0.0328. The summed E-state index contributed by atoms with van der Waals surface area (Å²) >= 11 is 0. The first-order valence-corrected chi connectivity index (χ1v) is 5.27. The number of hydrogen-bond acceptors (Lipinski definition) is 3. The van der Waals surface area contributed by atoms with E-state index >= 15 is 0 Å². The number of likely N-dealkylation sites (N-methyl/N-ethyl adjacent to an activating group) is 1. The van der Waals surface area contributed by atoms with Gasteiger partial charge in [0.1, 0.15) is 0 Å². The van der Waals surface area contributed by atoms with Crippen LogP contribution in [0.15, 0.2) is 12.5 Å². The van der Waals surface area contributed by atoms with Gasteiger partial charge >= 0.3 is 0 Å². The second-order valence-electron chi connectivity index (χ2n) is 4.94. The fourth-order valence-corrected chi connectivity index (χ4v) is 1.40. The van der Waals surface area contributed by atoms with Crippen LogP contribution in [0.5, 0.6) is 0 Å². The van der Waals surface area contributed by atoms with Gasteiger partial charge in [-0.2, -0.15) is 0 Å². The molecule has 0 spiro atoms. The van der Waals surface area contributed by atoms with E-state index < -0.39 is 0 Å². The lowest BCUT2D eigenvalue weighted by molar-refractivity contribution is 0.167. The average Bonchev–Trinajstić information content (AvgIpc) is 2.51. The molecule has 4 nitrogen and oxygen atoms in total. The molecular formula is C11H22N4. The van der Waals surface area contributed by atoms with Gasteiger partial charge in [-0.3, -0.25) is 0 Å². The van der Waals surface area contributed by atoms with Gasteiger partial charge < -0.3 is 15.2 Å². The Hall–Kier alpha value is -0.870. The zero-order chi connectivity index (χ0) is 11.6. The van der Waals surface area contributed by atoms with Gasteiger partial charge in [-0.15, -0.1) is 0 Å². The zero-order valence-corrected chi connectivity index (χ0v) is 10.4. The third-order valence-corrected chi connectivity index (χ3v) is 2.98. The Morgan fingerprint density at radius 3 is 2.60 bits per heavy atom. The summed E-state index contributed by atoms with van der Waals surface area (Å²) in [5.41, 5.74) is 7.07. The van der Waals surface area contributed by atoms with Crippen LogP contribution in [0.25, 0.3) is 0 Å². The molecule has 0 aromatic carbocycles. The monoisotopic (exact) mass is 210 g/mol. The van der Waals surface area contributed by atoms with Crippen LogP contribution in [0.2, 0.25) is 0 Å². The van der Waals surface area contributed by atoms with Crippen LogP contribution < -0.4 is 5.73 Å². The molecule has 0 amide bonds. The molecule has 4 heteroatoms. The minimum absolute atomic E-state index is 0.0328. The molecule has 1 atom stereocenters. The first kappa shape index (κ1) is 12.2. The number of rotatable bonds is 4. The van der Waals surface area contributed by atoms with Crippen molar-refractivity contribution in [2.75, 3.05) is 14.1 Å². The summed E-state index contributed by atoms with van der Waals surface area (Å²) in [6.45, 7) is 7.29. The molecule has 1 aromatic heterocycles. The SMILES string of the molecule is CC(N)c1cncn1CC(C)(C)N(C)C. The quantitative estimate of drug-likeness (QED) is 0.813. The van der Waals surface area contributed by atoms with E-state index in [2.05, 4.69) is 42.4 Å². The third kappa shape index (κ3) is 2.79. The Bertz CT molecular complexity index is 312. The topological polar surface area (TPSA) is 47.1 Å². The van der Waals surface area contributed by atoms with E-state index in [1.807, 2.05) is 19.4 Å². The molecule has 1 aromatic rings. The van der Waals surface area contributed by atoms with Crippen molar-refractivity contribution in [1.29, 1.82) is 0 Å². The van der Waals surface area contributed by atoms with Crippen molar-refractivity contribution in [2.24, 2.45) is 5.73 Å². The zero-order valence-electron chi connectivity index (χ0n) is 10.4. The van der Waals surface area contributed by atoms with E-state index in [1.165, 1.54) is 0 Å². The highest BCUT2D eigenvalue weighted by atomic mass is 15.2. The Labute approximate surface area is 92.1 Å². The molecule has 0 saturated heterocycles.